The van der Waals surface area contributed by atoms with Crippen molar-refractivity contribution in [2.75, 3.05) is 0 Å². The fourth-order valence-electron chi connectivity index (χ4n) is 0.949. The first-order valence-corrected chi connectivity index (χ1v) is 4.18. The Bertz CT molecular complexity index is 150. The van der Waals surface area contributed by atoms with E-state index in [9.17, 15) is 9.59 Å². The minimum atomic E-state index is -0.375. The smallest absolute Gasteiger partial charge is 0.143 e. The number of hydrogen-bond acceptors (Lipinski definition) is 2. The summed E-state index contributed by atoms with van der Waals surface area (Å²) in [5, 5.41) is 0. The summed E-state index contributed by atoms with van der Waals surface area (Å²) in [6.07, 6.45) is 1.84. The van der Waals surface area contributed by atoms with E-state index in [2.05, 4.69) is 0 Å². The molecule has 0 aromatic rings. The Labute approximate surface area is 68.0 Å². The second-order valence-electron chi connectivity index (χ2n) is 2.76. The number of Topliss-reactive ketones (excluding diaryl/α,β-unsaturated/α-hetero) is 2. The van der Waals surface area contributed by atoms with Gasteiger partial charge in [-0.3, -0.25) is 9.59 Å². The van der Waals surface area contributed by atoms with Crippen molar-refractivity contribution in [3.63, 3.8) is 0 Å². The van der Waals surface area contributed by atoms with Crippen molar-refractivity contribution in [1.29, 1.82) is 0 Å². The van der Waals surface area contributed by atoms with Crippen molar-refractivity contribution in [3.05, 3.63) is 0 Å². The Morgan fingerprint density at radius 1 is 1.18 bits per heavy atom. The first-order valence-electron chi connectivity index (χ1n) is 4.18. The molecule has 0 radical (unpaired) electrons. The van der Waals surface area contributed by atoms with Gasteiger partial charge in [-0.05, 0) is 13.3 Å². The molecule has 0 bridgehead atoms. The quantitative estimate of drug-likeness (QED) is 0.570. The van der Waals surface area contributed by atoms with Gasteiger partial charge in [0, 0.05) is 12.8 Å². The summed E-state index contributed by atoms with van der Waals surface area (Å²) < 4.78 is 0. The van der Waals surface area contributed by atoms with Crippen LogP contribution in [0.15, 0.2) is 0 Å². The van der Waals surface area contributed by atoms with Gasteiger partial charge >= 0.3 is 0 Å². The Morgan fingerprint density at radius 3 is 2.09 bits per heavy atom. The van der Waals surface area contributed by atoms with E-state index in [-0.39, 0.29) is 17.5 Å². The van der Waals surface area contributed by atoms with Crippen molar-refractivity contribution in [1.82, 2.24) is 0 Å². The predicted molar refractivity (Wildman–Crippen MR) is 44.4 cm³/mol. The molecule has 0 spiro atoms. The average Bonchev–Trinajstić information content (AvgIpc) is 2.02. The van der Waals surface area contributed by atoms with Gasteiger partial charge in [-0.25, -0.2) is 0 Å². The molecule has 2 heteroatoms. The van der Waals surface area contributed by atoms with Crippen LogP contribution in [-0.4, -0.2) is 11.6 Å². The summed E-state index contributed by atoms with van der Waals surface area (Å²) in [5.41, 5.74) is 0. The number of carbonyl (C=O) groups is 2. The topological polar surface area (TPSA) is 34.1 Å². The maximum atomic E-state index is 11.1. The molecule has 2 nitrogen and oxygen atoms in total. The van der Waals surface area contributed by atoms with E-state index in [4.69, 9.17) is 0 Å². The van der Waals surface area contributed by atoms with Crippen LogP contribution in [0.25, 0.3) is 0 Å². The van der Waals surface area contributed by atoms with E-state index in [1.165, 1.54) is 0 Å². The lowest BCUT2D eigenvalue weighted by Gasteiger charge is -2.05. The number of ketones is 2. The molecule has 0 aliphatic heterocycles. The molecule has 0 saturated heterocycles. The maximum Gasteiger partial charge on any atom is 0.143 e. The minimum absolute atomic E-state index is 0.0588. The summed E-state index contributed by atoms with van der Waals surface area (Å²) >= 11 is 0. The van der Waals surface area contributed by atoms with E-state index in [1.54, 1.807) is 13.8 Å². The van der Waals surface area contributed by atoms with E-state index in [0.717, 1.165) is 6.42 Å². The zero-order valence-electron chi connectivity index (χ0n) is 7.52. The standard InChI is InChI=1S/C9H16O2/c1-4-6-9(11)7(3)8(10)5-2/h7H,4-6H2,1-3H3. The third kappa shape index (κ3) is 3.30. The molecule has 0 saturated carbocycles. The lowest BCUT2D eigenvalue weighted by Crippen LogP contribution is -2.19. The first kappa shape index (κ1) is 10.3. The highest BCUT2D eigenvalue weighted by atomic mass is 16.1. The molecule has 0 fully saturated rings. The first-order chi connectivity index (χ1) is 5.13. The third-order valence-corrected chi connectivity index (χ3v) is 1.81. The Kier molecular flexibility index (Phi) is 4.75. The van der Waals surface area contributed by atoms with Crippen molar-refractivity contribution in [3.8, 4) is 0 Å². The molecule has 1 atom stereocenters. The van der Waals surface area contributed by atoms with Gasteiger partial charge in [0.1, 0.15) is 11.6 Å². The molecule has 11 heavy (non-hydrogen) atoms. The molecular formula is C9H16O2. The molecule has 0 aromatic carbocycles. The number of hydrogen-bond donors (Lipinski definition) is 0. The zero-order valence-corrected chi connectivity index (χ0v) is 7.52. The zero-order chi connectivity index (χ0) is 8.85. The summed E-state index contributed by atoms with van der Waals surface area (Å²) in [6, 6.07) is 0. The molecular weight excluding hydrogens is 140 g/mol. The van der Waals surface area contributed by atoms with Crippen LogP contribution in [0.1, 0.15) is 40.0 Å². The van der Waals surface area contributed by atoms with E-state index in [1.807, 2.05) is 6.92 Å². The monoisotopic (exact) mass is 156 g/mol. The van der Waals surface area contributed by atoms with E-state index in [0.29, 0.717) is 12.8 Å². The van der Waals surface area contributed by atoms with Crippen LogP contribution in [-0.2, 0) is 9.59 Å². The summed E-state index contributed by atoms with van der Waals surface area (Å²) in [7, 11) is 0. The van der Waals surface area contributed by atoms with Crippen LogP contribution in [0.2, 0.25) is 0 Å². The van der Waals surface area contributed by atoms with Crippen molar-refractivity contribution >= 4 is 11.6 Å². The normalized spacial score (nSPS) is 12.6. The predicted octanol–water partition coefficient (Wildman–Crippen LogP) is 1.97. The molecule has 64 valence electrons. The molecule has 0 aliphatic carbocycles. The van der Waals surface area contributed by atoms with Gasteiger partial charge in [-0.1, -0.05) is 13.8 Å². The Morgan fingerprint density at radius 2 is 1.73 bits per heavy atom. The van der Waals surface area contributed by atoms with Crippen molar-refractivity contribution in [2.24, 2.45) is 5.92 Å². The van der Waals surface area contributed by atoms with Gasteiger partial charge in [0.15, 0.2) is 0 Å². The number of rotatable bonds is 5. The number of carbonyl (C=O) groups excluding carboxylic acids is 2. The van der Waals surface area contributed by atoms with Gasteiger partial charge in [-0.2, -0.15) is 0 Å². The second kappa shape index (κ2) is 5.05. The molecule has 1 unspecified atom stereocenters. The lowest BCUT2D eigenvalue weighted by molar-refractivity contribution is -0.131. The van der Waals surface area contributed by atoms with Crippen molar-refractivity contribution < 1.29 is 9.59 Å². The lowest BCUT2D eigenvalue weighted by atomic mass is 9.97. The Balaban J connectivity index is 3.91. The molecule has 0 heterocycles. The molecule has 0 rings (SSSR count). The third-order valence-electron chi connectivity index (χ3n) is 1.81. The highest BCUT2D eigenvalue weighted by molar-refractivity contribution is 6.01. The average molecular weight is 156 g/mol. The highest BCUT2D eigenvalue weighted by Gasteiger charge is 2.17. The molecule has 0 N–H and O–H groups in total. The summed E-state index contributed by atoms with van der Waals surface area (Å²) in [4.78, 5) is 22.1. The van der Waals surface area contributed by atoms with Gasteiger partial charge in [0.25, 0.3) is 0 Å². The minimum Gasteiger partial charge on any atom is -0.299 e. The largest absolute Gasteiger partial charge is 0.299 e. The maximum absolute atomic E-state index is 11.1. The molecule has 0 aromatic heterocycles. The van der Waals surface area contributed by atoms with Crippen LogP contribution in [0.4, 0.5) is 0 Å². The van der Waals surface area contributed by atoms with Crippen LogP contribution in [0.5, 0.6) is 0 Å². The van der Waals surface area contributed by atoms with Gasteiger partial charge < -0.3 is 0 Å². The van der Waals surface area contributed by atoms with E-state index >= 15 is 0 Å². The summed E-state index contributed by atoms with van der Waals surface area (Å²) in [6.45, 7) is 5.43. The van der Waals surface area contributed by atoms with Crippen molar-refractivity contribution in [2.45, 2.75) is 40.0 Å². The van der Waals surface area contributed by atoms with E-state index < -0.39 is 0 Å². The second-order valence-corrected chi connectivity index (χ2v) is 2.76. The highest BCUT2D eigenvalue weighted by Crippen LogP contribution is 2.06. The van der Waals surface area contributed by atoms with Crippen LogP contribution >= 0.6 is 0 Å². The Hall–Kier alpha value is -0.660. The van der Waals surface area contributed by atoms with Gasteiger partial charge in [0.05, 0.1) is 5.92 Å². The van der Waals surface area contributed by atoms with Crippen LogP contribution in [0, 0.1) is 5.92 Å². The SMILES string of the molecule is CCCC(=O)C(C)C(=O)CC. The van der Waals surface area contributed by atoms with Gasteiger partial charge in [-0.15, -0.1) is 0 Å². The fourth-order valence-corrected chi connectivity index (χ4v) is 0.949. The fraction of sp³-hybridized carbons (Fsp3) is 0.778. The molecule has 0 amide bonds. The van der Waals surface area contributed by atoms with Crippen LogP contribution < -0.4 is 0 Å². The summed E-state index contributed by atoms with van der Waals surface area (Å²) in [5.74, 6) is -0.234. The van der Waals surface area contributed by atoms with Crippen LogP contribution in [0.3, 0.4) is 0 Å². The molecule has 0 aliphatic rings. The van der Waals surface area contributed by atoms with Gasteiger partial charge in [0.2, 0.25) is 0 Å².